The highest BCUT2D eigenvalue weighted by molar-refractivity contribution is 5.57. The number of pyridine rings is 1. The van der Waals surface area contributed by atoms with Crippen LogP contribution >= 0.6 is 0 Å². The van der Waals surface area contributed by atoms with Crippen LogP contribution in [0.1, 0.15) is 29.8 Å². The molecule has 2 aliphatic rings. The molecule has 0 unspecified atom stereocenters. The van der Waals surface area contributed by atoms with Gasteiger partial charge in [0.2, 0.25) is 0 Å². The lowest BCUT2D eigenvalue weighted by Gasteiger charge is -2.19. The largest absolute Gasteiger partial charge is 0.486 e. The van der Waals surface area contributed by atoms with Gasteiger partial charge in [0.15, 0.2) is 11.5 Å². The van der Waals surface area contributed by atoms with Crippen molar-refractivity contribution in [1.82, 2.24) is 14.8 Å². The second-order valence-electron chi connectivity index (χ2n) is 6.90. The molecule has 4 heterocycles. The summed E-state index contributed by atoms with van der Waals surface area (Å²) in [7, 11) is 0. The van der Waals surface area contributed by atoms with Crippen molar-refractivity contribution in [2.45, 2.75) is 25.7 Å². The molecular formula is C21H22N4O2. The van der Waals surface area contributed by atoms with Gasteiger partial charge in [0.25, 0.3) is 0 Å². The summed E-state index contributed by atoms with van der Waals surface area (Å²) in [6.45, 7) is 2.14. The monoisotopic (exact) mass is 362 g/mol. The summed E-state index contributed by atoms with van der Waals surface area (Å²) in [5.74, 6) is 2.67. The van der Waals surface area contributed by atoms with Crippen LogP contribution in [-0.2, 0) is 12.8 Å². The topological polar surface area (TPSA) is 61.2 Å². The standard InChI is InChI=1S/C21H22N4O2/c1-3-9-22-15(5-1)13-18-17-6-2-4-10-23-21(17)25(24-18)16-7-8-19-20(14-16)27-12-11-26-19/h1,3,5,7-9,14,23H,2,4,6,10-13H2. The van der Waals surface area contributed by atoms with E-state index in [0.29, 0.717) is 13.2 Å². The van der Waals surface area contributed by atoms with Gasteiger partial charge in [-0.15, -0.1) is 0 Å². The average molecular weight is 362 g/mol. The number of nitrogens with one attached hydrogen (secondary N) is 1. The minimum atomic E-state index is 0.580. The van der Waals surface area contributed by atoms with E-state index in [4.69, 9.17) is 14.6 Å². The van der Waals surface area contributed by atoms with Crippen LogP contribution in [0.4, 0.5) is 5.82 Å². The summed E-state index contributed by atoms with van der Waals surface area (Å²) in [6, 6.07) is 12.0. The molecule has 2 aromatic heterocycles. The fraction of sp³-hybridized carbons (Fsp3) is 0.333. The Balaban J connectivity index is 1.58. The van der Waals surface area contributed by atoms with E-state index < -0.39 is 0 Å². The molecule has 0 bridgehead atoms. The Morgan fingerprint density at radius 1 is 1.04 bits per heavy atom. The predicted molar refractivity (Wildman–Crippen MR) is 103 cm³/mol. The molecule has 0 saturated carbocycles. The molecule has 5 rings (SSSR count). The van der Waals surface area contributed by atoms with E-state index in [1.165, 1.54) is 18.4 Å². The lowest BCUT2D eigenvalue weighted by molar-refractivity contribution is 0.171. The van der Waals surface area contributed by atoms with E-state index in [1.54, 1.807) is 0 Å². The van der Waals surface area contributed by atoms with Crippen LogP contribution in [0.25, 0.3) is 5.69 Å². The summed E-state index contributed by atoms with van der Waals surface area (Å²) in [5, 5.41) is 8.55. The molecule has 0 saturated heterocycles. The SMILES string of the molecule is c1ccc(Cc2nn(-c3ccc4c(c3)OCCO4)c3c2CCCCN3)nc1. The normalized spacial score (nSPS) is 15.6. The summed E-state index contributed by atoms with van der Waals surface area (Å²) in [4.78, 5) is 4.48. The van der Waals surface area contributed by atoms with Gasteiger partial charge in [-0.05, 0) is 43.5 Å². The quantitative estimate of drug-likeness (QED) is 0.774. The van der Waals surface area contributed by atoms with Gasteiger partial charge < -0.3 is 14.8 Å². The van der Waals surface area contributed by atoms with Gasteiger partial charge >= 0.3 is 0 Å². The third-order valence-electron chi connectivity index (χ3n) is 5.06. The van der Waals surface area contributed by atoms with Crippen LogP contribution in [-0.4, -0.2) is 34.5 Å². The zero-order chi connectivity index (χ0) is 18.1. The van der Waals surface area contributed by atoms with E-state index in [9.17, 15) is 0 Å². The number of ether oxygens (including phenoxy) is 2. The Bertz CT molecular complexity index is 952. The van der Waals surface area contributed by atoms with Crippen molar-refractivity contribution in [1.29, 1.82) is 0 Å². The maximum atomic E-state index is 5.76. The van der Waals surface area contributed by atoms with E-state index >= 15 is 0 Å². The molecule has 0 spiro atoms. The highest BCUT2D eigenvalue weighted by Gasteiger charge is 2.22. The molecule has 0 fully saturated rings. The zero-order valence-corrected chi connectivity index (χ0v) is 15.1. The number of aromatic nitrogens is 3. The number of rotatable bonds is 3. The van der Waals surface area contributed by atoms with Crippen LogP contribution in [0.5, 0.6) is 11.5 Å². The summed E-state index contributed by atoms with van der Waals surface area (Å²) < 4.78 is 13.4. The van der Waals surface area contributed by atoms with Gasteiger partial charge in [-0.25, -0.2) is 4.68 Å². The van der Waals surface area contributed by atoms with Crippen molar-refractivity contribution < 1.29 is 9.47 Å². The number of anilines is 1. The highest BCUT2D eigenvalue weighted by atomic mass is 16.6. The fourth-order valence-corrected chi connectivity index (χ4v) is 3.74. The van der Waals surface area contributed by atoms with Crippen LogP contribution in [0.15, 0.2) is 42.6 Å². The molecule has 1 aromatic carbocycles. The molecule has 1 N–H and O–H groups in total. The molecule has 27 heavy (non-hydrogen) atoms. The maximum Gasteiger partial charge on any atom is 0.163 e. The Hall–Kier alpha value is -3.02. The molecule has 0 amide bonds. The zero-order valence-electron chi connectivity index (χ0n) is 15.1. The first-order chi connectivity index (χ1) is 13.4. The molecule has 138 valence electrons. The highest BCUT2D eigenvalue weighted by Crippen LogP contribution is 2.35. The van der Waals surface area contributed by atoms with Crippen LogP contribution in [0.3, 0.4) is 0 Å². The average Bonchev–Trinajstić information content (AvgIpc) is 2.89. The molecule has 0 atom stereocenters. The first-order valence-electron chi connectivity index (χ1n) is 9.53. The number of hydrogen-bond donors (Lipinski definition) is 1. The minimum Gasteiger partial charge on any atom is -0.486 e. The van der Waals surface area contributed by atoms with Crippen molar-refractivity contribution in [3.05, 3.63) is 59.5 Å². The van der Waals surface area contributed by atoms with Crippen LogP contribution in [0.2, 0.25) is 0 Å². The third-order valence-corrected chi connectivity index (χ3v) is 5.06. The molecule has 0 aliphatic carbocycles. The number of nitrogens with zero attached hydrogens (tertiary/aromatic N) is 3. The Morgan fingerprint density at radius 2 is 1.96 bits per heavy atom. The van der Waals surface area contributed by atoms with Gasteiger partial charge in [-0.3, -0.25) is 4.98 Å². The Kier molecular flexibility index (Phi) is 4.16. The van der Waals surface area contributed by atoms with Gasteiger partial charge in [-0.1, -0.05) is 6.07 Å². The van der Waals surface area contributed by atoms with E-state index in [1.807, 2.05) is 41.2 Å². The summed E-state index contributed by atoms with van der Waals surface area (Å²) in [5.41, 5.74) is 4.41. The van der Waals surface area contributed by atoms with Crippen molar-refractivity contribution >= 4 is 5.82 Å². The van der Waals surface area contributed by atoms with Crippen LogP contribution < -0.4 is 14.8 Å². The molecule has 2 aliphatic heterocycles. The van der Waals surface area contributed by atoms with E-state index in [0.717, 1.165) is 53.8 Å². The third kappa shape index (κ3) is 3.12. The van der Waals surface area contributed by atoms with Gasteiger partial charge in [0, 0.05) is 36.5 Å². The molecule has 3 aromatic rings. The fourth-order valence-electron chi connectivity index (χ4n) is 3.74. The second-order valence-corrected chi connectivity index (χ2v) is 6.90. The van der Waals surface area contributed by atoms with Crippen molar-refractivity contribution in [2.75, 3.05) is 25.1 Å². The molecule has 0 radical (unpaired) electrons. The van der Waals surface area contributed by atoms with Crippen molar-refractivity contribution in [3.8, 4) is 17.2 Å². The Morgan fingerprint density at radius 3 is 2.85 bits per heavy atom. The van der Waals surface area contributed by atoms with Gasteiger partial charge in [0.05, 0.1) is 11.4 Å². The molecule has 6 nitrogen and oxygen atoms in total. The van der Waals surface area contributed by atoms with Crippen molar-refractivity contribution in [2.24, 2.45) is 0 Å². The molecule has 6 heteroatoms. The minimum absolute atomic E-state index is 0.580. The first kappa shape index (κ1) is 16.2. The van der Waals surface area contributed by atoms with E-state index in [-0.39, 0.29) is 0 Å². The lowest BCUT2D eigenvalue weighted by atomic mass is 10.1. The molecular weight excluding hydrogens is 340 g/mol. The number of fused-ring (bicyclic) bond motifs is 2. The number of benzene rings is 1. The smallest absolute Gasteiger partial charge is 0.163 e. The van der Waals surface area contributed by atoms with Crippen molar-refractivity contribution in [3.63, 3.8) is 0 Å². The Labute approximate surface area is 158 Å². The van der Waals surface area contributed by atoms with Gasteiger partial charge in [0.1, 0.15) is 19.0 Å². The van der Waals surface area contributed by atoms with Crippen LogP contribution in [0, 0.1) is 0 Å². The first-order valence-corrected chi connectivity index (χ1v) is 9.53. The predicted octanol–water partition coefficient (Wildman–Crippen LogP) is 3.38. The summed E-state index contributed by atoms with van der Waals surface area (Å²) in [6.07, 6.45) is 5.95. The van der Waals surface area contributed by atoms with Gasteiger partial charge in [-0.2, -0.15) is 5.10 Å². The summed E-state index contributed by atoms with van der Waals surface area (Å²) >= 11 is 0. The lowest BCUT2D eigenvalue weighted by Crippen LogP contribution is -2.15. The second kappa shape index (κ2) is 6.95. The van der Waals surface area contributed by atoms with E-state index in [2.05, 4.69) is 16.4 Å². The maximum absolute atomic E-state index is 5.76. The number of hydrogen-bond acceptors (Lipinski definition) is 5.